The predicted octanol–water partition coefficient (Wildman–Crippen LogP) is 3.67. The van der Waals surface area contributed by atoms with Gasteiger partial charge in [0.05, 0.1) is 29.7 Å². The van der Waals surface area contributed by atoms with Crippen molar-refractivity contribution in [2.75, 3.05) is 32.8 Å². The number of rotatable bonds is 8. The first-order chi connectivity index (χ1) is 19.8. The number of pyridine rings is 2. The molecular weight excluding hydrogens is 542 g/mol. The van der Waals surface area contributed by atoms with Gasteiger partial charge in [0.1, 0.15) is 11.6 Å². The molecule has 3 atom stereocenters. The van der Waals surface area contributed by atoms with Crippen molar-refractivity contribution in [1.82, 2.24) is 25.5 Å². The summed E-state index contributed by atoms with van der Waals surface area (Å²) in [6.07, 6.45) is 3.31. The molecule has 2 amide bonds. The molecule has 2 aromatic heterocycles. The van der Waals surface area contributed by atoms with Crippen LogP contribution < -0.4 is 10.6 Å². The van der Waals surface area contributed by atoms with Gasteiger partial charge in [-0.1, -0.05) is 0 Å². The van der Waals surface area contributed by atoms with Crippen LogP contribution in [-0.4, -0.2) is 78.0 Å². The standard InChI is InChI=1S/C29H31F4N5O3/c30-20-10-19(11-21(31)12-20)22-3-7-38(29(40)23-14-34-13-18-2-1-6-35-26(18)23)16-24(22)37-28(39)27(36-15-25(32)33)17-4-8-41-9-5-17/h1-2,6,10-14,17,22,24-25,27,36H,3-5,7-9,15-16H2,(H,37,39)/t22-,24+,27-/m0/s1. The summed E-state index contributed by atoms with van der Waals surface area (Å²) < 4.78 is 60.0. The Morgan fingerprint density at radius 1 is 1.07 bits per heavy atom. The molecule has 2 aliphatic heterocycles. The van der Waals surface area contributed by atoms with Crippen LogP contribution in [0.4, 0.5) is 17.6 Å². The lowest BCUT2D eigenvalue weighted by molar-refractivity contribution is -0.126. The number of carbonyl (C=O) groups excluding carboxylic acids is 2. The number of alkyl halides is 2. The van der Waals surface area contributed by atoms with E-state index in [4.69, 9.17) is 4.74 Å². The number of piperidine rings is 1. The molecule has 0 radical (unpaired) electrons. The molecule has 0 aliphatic carbocycles. The van der Waals surface area contributed by atoms with Crippen LogP contribution in [0.15, 0.2) is 48.9 Å². The molecule has 0 bridgehead atoms. The van der Waals surface area contributed by atoms with E-state index in [1.54, 1.807) is 29.4 Å². The van der Waals surface area contributed by atoms with Crippen LogP contribution in [0.1, 0.15) is 41.1 Å². The van der Waals surface area contributed by atoms with E-state index in [0.717, 1.165) is 6.07 Å². The fourth-order valence-electron chi connectivity index (χ4n) is 5.81. The second kappa shape index (κ2) is 12.9. The quantitative estimate of drug-likeness (QED) is 0.400. The van der Waals surface area contributed by atoms with E-state index in [9.17, 15) is 27.2 Å². The van der Waals surface area contributed by atoms with Crippen LogP contribution in [-0.2, 0) is 9.53 Å². The van der Waals surface area contributed by atoms with Crippen molar-refractivity contribution in [1.29, 1.82) is 0 Å². The van der Waals surface area contributed by atoms with Crippen molar-refractivity contribution in [2.45, 2.75) is 43.7 Å². The lowest BCUT2D eigenvalue weighted by Crippen LogP contribution is -2.58. The Morgan fingerprint density at radius 2 is 1.83 bits per heavy atom. The zero-order chi connectivity index (χ0) is 28.9. The minimum atomic E-state index is -2.65. The van der Waals surface area contributed by atoms with Gasteiger partial charge in [0.2, 0.25) is 5.91 Å². The van der Waals surface area contributed by atoms with Crippen molar-refractivity contribution < 1.29 is 31.9 Å². The maximum atomic E-state index is 14.2. The van der Waals surface area contributed by atoms with Gasteiger partial charge in [-0.25, -0.2) is 17.6 Å². The van der Waals surface area contributed by atoms with Crippen LogP contribution in [0.5, 0.6) is 0 Å². The van der Waals surface area contributed by atoms with Crippen molar-refractivity contribution >= 4 is 22.7 Å². The average molecular weight is 574 g/mol. The Labute approximate surface area is 234 Å². The number of nitrogens with one attached hydrogen (secondary N) is 2. The molecule has 12 heteroatoms. The van der Waals surface area contributed by atoms with E-state index in [2.05, 4.69) is 20.6 Å². The molecule has 4 heterocycles. The second-order valence-electron chi connectivity index (χ2n) is 10.5. The number of likely N-dealkylation sites (tertiary alicyclic amines) is 1. The Hall–Kier alpha value is -3.64. The summed E-state index contributed by atoms with van der Waals surface area (Å²) in [5.41, 5.74) is 1.12. The van der Waals surface area contributed by atoms with Gasteiger partial charge in [0.25, 0.3) is 12.3 Å². The summed E-state index contributed by atoms with van der Waals surface area (Å²) >= 11 is 0. The topological polar surface area (TPSA) is 96.5 Å². The monoisotopic (exact) mass is 573 g/mol. The summed E-state index contributed by atoms with van der Waals surface area (Å²) in [6.45, 7) is 0.449. The third-order valence-electron chi connectivity index (χ3n) is 7.79. The fourth-order valence-corrected chi connectivity index (χ4v) is 5.81. The molecule has 5 rings (SSSR count). The van der Waals surface area contributed by atoms with Crippen LogP contribution in [0.2, 0.25) is 0 Å². The van der Waals surface area contributed by atoms with Crippen LogP contribution in [0, 0.1) is 17.6 Å². The highest BCUT2D eigenvalue weighted by Crippen LogP contribution is 2.31. The highest BCUT2D eigenvalue weighted by atomic mass is 19.3. The number of fused-ring (bicyclic) bond motifs is 1. The summed E-state index contributed by atoms with van der Waals surface area (Å²) in [6, 6.07) is 5.07. The number of amides is 2. The first-order valence-electron chi connectivity index (χ1n) is 13.6. The van der Waals surface area contributed by atoms with Gasteiger partial charge < -0.3 is 20.3 Å². The summed E-state index contributed by atoms with van der Waals surface area (Å²) in [5.74, 6) is -3.12. The normalized spacial score (nSPS) is 20.8. The Kier molecular flexibility index (Phi) is 9.09. The largest absolute Gasteiger partial charge is 0.381 e. The highest BCUT2D eigenvalue weighted by molar-refractivity contribution is 6.05. The van der Waals surface area contributed by atoms with Crippen LogP contribution in [0.3, 0.4) is 0 Å². The molecule has 8 nitrogen and oxygen atoms in total. The van der Waals surface area contributed by atoms with Crippen molar-refractivity contribution in [3.05, 3.63) is 71.7 Å². The van der Waals surface area contributed by atoms with E-state index in [-0.39, 0.29) is 24.9 Å². The lowest BCUT2D eigenvalue weighted by atomic mass is 9.84. The number of halogens is 4. The summed E-state index contributed by atoms with van der Waals surface area (Å²) in [5, 5.41) is 6.33. The average Bonchev–Trinajstić information content (AvgIpc) is 2.96. The summed E-state index contributed by atoms with van der Waals surface area (Å²) in [4.78, 5) is 37.3. The number of nitrogens with zero attached hydrogens (tertiary/aromatic N) is 3. The highest BCUT2D eigenvalue weighted by Gasteiger charge is 2.38. The van der Waals surface area contributed by atoms with Crippen molar-refractivity contribution in [3.63, 3.8) is 0 Å². The van der Waals surface area contributed by atoms with Crippen molar-refractivity contribution in [2.24, 2.45) is 5.92 Å². The molecule has 0 spiro atoms. The van der Waals surface area contributed by atoms with Gasteiger partial charge in [-0.3, -0.25) is 19.6 Å². The maximum Gasteiger partial charge on any atom is 0.257 e. The minimum absolute atomic E-state index is 0.0337. The SMILES string of the molecule is O=C(N[C@@H]1CN(C(=O)c2cncc3cccnc23)CC[C@H]1c1cc(F)cc(F)c1)[C@@H](NCC(F)F)C1CCOCC1. The molecule has 218 valence electrons. The fraction of sp³-hybridized carbons (Fsp3) is 0.448. The third-order valence-corrected chi connectivity index (χ3v) is 7.79. The van der Waals surface area contributed by atoms with E-state index in [0.29, 0.717) is 54.5 Å². The minimum Gasteiger partial charge on any atom is -0.381 e. The van der Waals surface area contributed by atoms with Gasteiger partial charge in [0.15, 0.2) is 0 Å². The lowest BCUT2D eigenvalue weighted by Gasteiger charge is -2.40. The Bertz CT molecular complexity index is 1360. The van der Waals surface area contributed by atoms with Crippen molar-refractivity contribution in [3.8, 4) is 0 Å². The van der Waals surface area contributed by atoms with Gasteiger partial charge in [-0.2, -0.15) is 0 Å². The number of ether oxygens (including phenoxy) is 1. The Morgan fingerprint density at radius 3 is 2.56 bits per heavy atom. The van der Waals surface area contributed by atoms with Crippen LogP contribution >= 0.6 is 0 Å². The predicted molar refractivity (Wildman–Crippen MR) is 142 cm³/mol. The zero-order valence-corrected chi connectivity index (χ0v) is 22.2. The molecule has 3 aromatic rings. The van der Waals surface area contributed by atoms with Gasteiger partial charge in [-0.15, -0.1) is 0 Å². The van der Waals surface area contributed by atoms with Gasteiger partial charge in [0, 0.05) is 62.3 Å². The second-order valence-corrected chi connectivity index (χ2v) is 10.5. The first-order valence-corrected chi connectivity index (χ1v) is 13.6. The molecule has 41 heavy (non-hydrogen) atoms. The molecular formula is C29H31F4N5O3. The Balaban J connectivity index is 1.42. The maximum absolute atomic E-state index is 14.2. The molecule has 2 fully saturated rings. The molecule has 1 aromatic carbocycles. The molecule has 2 aliphatic rings. The van der Waals surface area contributed by atoms with Gasteiger partial charge >= 0.3 is 0 Å². The number of hydrogen-bond donors (Lipinski definition) is 2. The molecule has 0 unspecified atom stereocenters. The smallest absolute Gasteiger partial charge is 0.257 e. The number of aromatic nitrogens is 2. The zero-order valence-electron chi connectivity index (χ0n) is 22.2. The molecule has 0 saturated carbocycles. The van der Waals surface area contributed by atoms with E-state index in [1.807, 2.05) is 0 Å². The number of benzene rings is 1. The summed E-state index contributed by atoms with van der Waals surface area (Å²) in [7, 11) is 0. The first kappa shape index (κ1) is 28.9. The van der Waals surface area contributed by atoms with E-state index < -0.39 is 48.5 Å². The molecule has 2 N–H and O–H groups in total. The van der Waals surface area contributed by atoms with Crippen LogP contribution in [0.25, 0.3) is 10.9 Å². The van der Waals surface area contributed by atoms with E-state index >= 15 is 0 Å². The number of hydrogen-bond acceptors (Lipinski definition) is 6. The molecule has 2 saturated heterocycles. The number of carbonyl (C=O) groups is 2. The van der Waals surface area contributed by atoms with E-state index in [1.165, 1.54) is 18.3 Å². The van der Waals surface area contributed by atoms with Gasteiger partial charge in [-0.05, 0) is 55.0 Å². The third kappa shape index (κ3) is 6.82.